The molecule has 2 N–H and O–H groups in total. The van der Waals surface area contributed by atoms with Gasteiger partial charge in [0.15, 0.2) is 5.82 Å². The van der Waals surface area contributed by atoms with Crippen molar-refractivity contribution in [1.82, 2.24) is 10.2 Å². The summed E-state index contributed by atoms with van der Waals surface area (Å²) in [5.74, 6) is -0.753. The molecule has 0 saturated carbocycles. The number of anilines is 4. The number of nitrogens with one attached hydrogen (secondary N) is 2. The molecule has 2 aromatic carbocycles. The van der Waals surface area contributed by atoms with Gasteiger partial charge in [0.2, 0.25) is 0 Å². The average Bonchev–Trinajstić information content (AvgIpc) is 2.69. The van der Waals surface area contributed by atoms with Crippen molar-refractivity contribution in [2.24, 2.45) is 0 Å². The number of amides is 1. The van der Waals surface area contributed by atoms with E-state index in [1.807, 2.05) is 25.1 Å². The van der Waals surface area contributed by atoms with Gasteiger partial charge in [0.05, 0.1) is 17.4 Å². The minimum atomic E-state index is -4.89. The van der Waals surface area contributed by atoms with Crippen LogP contribution in [0.4, 0.5) is 36.1 Å². The van der Waals surface area contributed by atoms with Crippen molar-refractivity contribution in [1.29, 1.82) is 0 Å². The summed E-state index contributed by atoms with van der Waals surface area (Å²) in [5, 5.41) is 13.6. The van der Waals surface area contributed by atoms with Gasteiger partial charge in [0.25, 0.3) is 5.91 Å². The summed E-state index contributed by atoms with van der Waals surface area (Å²) in [6.45, 7) is 0. The maximum atomic E-state index is 12.5. The van der Waals surface area contributed by atoms with Gasteiger partial charge in [-0.2, -0.15) is 5.10 Å². The van der Waals surface area contributed by atoms with Gasteiger partial charge in [-0.3, -0.25) is 4.79 Å². The van der Waals surface area contributed by atoms with E-state index >= 15 is 0 Å². The number of alkyl halides is 3. The summed E-state index contributed by atoms with van der Waals surface area (Å²) in [7, 11) is 3.77. The third kappa shape index (κ3) is 5.60. The second-order valence-electron chi connectivity index (χ2n) is 6.39. The fourth-order valence-electron chi connectivity index (χ4n) is 2.51. The molecular formula is C20H18F3N5O2. The number of nitrogens with zero attached hydrogens (tertiary/aromatic N) is 3. The second kappa shape index (κ2) is 8.68. The van der Waals surface area contributed by atoms with Gasteiger partial charge < -0.3 is 20.3 Å². The van der Waals surface area contributed by atoms with Crippen LogP contribution in [0.1, 0.15) is 10.4 Å². The molecule has 0 aliphatic heterocycles. The minimum absolute atomic E-state index is 0.229. The van der Waals surface area contributed by atoms with E-state index in [1.54, 1.807) is 30.5 Å². The molecule has 1 heterocycles. The van der Waals surface area contributed by atoms with Crippen molar-refractivity contribution >= 4 is 28.8 Å². The molecule has 0 radical (unpaired) electrons. The Labute approximate surface area is 170 Å². The van der Waals surface area contributed by atoms with E-state index in [0.717, 1.165) is 11.8 Å². The molecular weight excluding hydrogens is 399 g/mol. The molecule has 156 valence electrons. The van der Waals surface area contributed by atoms with E-state index in [4.69, 9.17) is 0 Å². The quantitative estimate of drug-likeness (QED) is 0.618. The van der Waals surface area contributed by atoms with Crippen LogP contribution < -0.4 is 20.3 Å². The largest absolute Gasteiger partial charge is 0.573 e. The van der Waals surface area contributed by atoms with Crippen LogP contribution in [-0.2, 0) is 0 Å². The first-order valence-corrected chi connectivity index (χ1v) is 8.74. The lowest BCUT2D eigenvalue weighted by Gasteiger charge is -2.14. The van der Waals surface area contributed by atoms with Crippen molar-refractivity contribution in [2.45, 2.75) is 6.36 Å². The first-order chi connectivity index (χ1) is 14.2. The summed E-state index contributed by atoms with van der Waals surface area (Å²) >= 11 is 0. The fourth-order valence-corrected chi connectivity index (χ4v) is 2.51. The number of carbonyl (C=O) groups is 1. The van der Waals surface area contributed by atoms with Crippen molar-refractivity contribution in [3.8, 4) is 5.75 Å². The number of hydrogen-bond acceptors (Lipinski definition) is 6. The molecule has 3 aromatic rings. The monoisotopic (exact) mass is 417 g/mol. The molecule has 0 atom stereocenters. The Hall–Kier alpha value is -3.82. The molecule has 10 heteroatoms. The Bertz CT molecular complexity index is 1020. The highest BCUT2D eigenvalue weighted by Crippen LogP contribution is 2.27. The van der Waals surface area contributed by atoms with E-state index < -0.39 is 18.0 Å². The Balaban J connectivity index is 1.69. The number of hydrogen-bond donors (Lipinski definition) is 2. The van der Waals surface area contributed by atoms with Crippen LogP contribution in [0.3, 0.4) is 0 Å². The average molecular weight is 417 g/mol. The van der Waals surface area contributed by atoms with Crippen LogP contribution in [0.25, 0.3) is 0 Å². The normalized spacial score (nSPS) is 11.0. The Kier molecular flexibility index (Phi) is 6.05. The number of halogens is 3. The zero-order valence-corrected chi connectivity index (χ0v) is 16.1. The molecule has 0 fully saturated rings. The lowest BCUT2D eigenvalue weighted by Crippen LogP contribution is -2.20. The van der Waals surface area contributed by atoms with E-state index in [1.165, 1.54) is 18.2 Å². The van der Waals surface area contributed by atoms with Crippen LogP contribution in [0.15, 0.2) is 60.8 Å². The molecule has 30 heavy (non-hydrogen) atoms. The molecule has 1 aromatic heterocycles. The van der Waals surface area contributed by atoms with Crippen LogP contribution in [0, 0.1) is 0 Å². The SMILES string of the molecule is CN(C)c1cnnc(Nc2ccc(NC(=O)c3ccccc3OC(F)(F)F)cc2)c1. The van der Waals surface area contributed by atoms with E-state index in [2.05, 4.69) is 25.6 Å². The maximum Gasteiger partial charge on any atom is 0.573 e. The van der Waals surface area contributed by atoms with Crippen molar-refractivity contribution < 1.29 is 22.7 Å². The number of aromatic nitrogens is 2. The van der Waals surface area contributed by atoms with E-state index in [0.29, 0.717) is 17.2 Å². The molecule has 0 aliphatic rings. The Morgan fingerprint density at radius 1 is 1.03 bits per heavy atom. The van der Waals surface area contributed by atoms with Gasteiger partial charge in [-0.05, 0) is 36.4 Å². The summed E-state index contributed by atoms with van der Waals surface area (Å²) in [6.07, 6.45) is -3.26. The molecule has 3 rings (SSSR count). The summed E-state index contributed by atoms with van der Waals surface area (Å²) < 4.78 is 41.5. The second-order valence-corrected chi connectivity index (χ2v) is 6.39. The van der Waals surface area contributed by atoms with Crippen LogP contribution in [-0.4, -0.2) is 36.6 Å². The number of rotatable bonds is 6. The highest BCUT2D eigenvalue weighted by molar-refractivity contribution is 6.06. The van der Waals surface area contributed by atoms with Gasteiger partial charge in [-0.15, -0.1) is 18.3 Å². The fraction of sp³-hybridized carbons (Fsp3) is 0.150. The standard InChI is InChI=1S/C20H18F3N5O2/c1-28(2)15-11-18(27-24-12-15)25-13-7-9-14(10-8-13)26-19(29)16-5-3-4-6-17(16)30-20(21,22)23/h3-12H,1-2H3,(H,25,27)(H,26,29). The topological polar surface area (TPSA) is 79.4 Å². The molecule has 0 unspecified atom stereocenters. The molecule has 7 nitrogen and oxygen atoms in total. The smallest absolute Gasteiger partial charge is 0.405 e. The lowest BCUT2D eigenvalue weighted by molar-refractivity contribution is -0.274. The third-order valence-corrected chi connectivity index (χ3v) is 3.93. The molecule has 0 saturated heterocycles. The van der Waals surface area contributed by atoms with Crippen molar-refractivity contribution in [3.63, 3.8) is 0 Å². The zero-order valence-electron chi connectivity index (χ0n) is 16.1. The number of benzene rings is 2. The third-order valence-electron chi connectivity index (χ3n) is 3.93. The predicted octanol–water partition coefficient (Wildman–Crippen LogP) is 4.44. The van der Waals surface area contributed by atoms with Crippen LogP contribution >= 0.6 is 0 Å². The maximum absolute atomic E-state index is 12.5. The first-order valence-electron chi connectivity index (χ1n) is 8.74. The van der Waals surface area contributed by atoms with Gasteiger partial charge >= 0.3 is 6.36 Å². The summed E-state index contributed by atoms with van der Waals surface area (Å²) in [5.41, 5.74) is 1.74. The molecule has 0 spiro atoms. The zero-order chi connectivity index (χ0) is 21.7. The number of ether oxygens (including phenoxy) is 1. The highest BCUT2D eigenvalue weighted by Gasteiger charge is 2.32. The van der Waals surface area contributed by atoms with Gasteiger partial charge in [0.1, 0.15) is 5.75 Å². The van der Waals surface area contributed by atoms with Gasteiger partial charge in [-0.25, -0.2) is 0 Å². The summed E-state index contributed by atoms with van der Waals surface area (Å²) in [6, 6.07) is 13.6. The first kappa shape index (κ1) is 20.9. The van der Waals surface area contributed by atoms with Crippen molar-refractivity contribution in [3.05, 3.63) is 66.4 Å². The Morgan fingerprint density at radius 2 is 1.70 bits per heavy atom. The van der Waals surface area contributed by atoms with Crippen LogP contribution in [0.2, 0.25) is 0 Å². The van der Waals surface area contributed by atoms with Gasteiger partial charge in [-0.1, -0.05) is 12.1 Å². The van der Waals surface area contributed by atoms with E-state index in [-0.39, 0.29) is 5.56 Å². The minimum Gasteiger partial charge on any atom is -0.405 e. The van der Waals surface area contributed by atoms with Crippen LogP contribution in [0.5, 0.6) is 5.75 Å². The number of carbonyl (C=O) groups excluding carboxylic acids is 1. The van der Waals surface area contributed by atoms with E-state index in [9.17, 15) is 18.0 Å². The van der Waals surface area contributed by atoms with Gasteiger partial charge in [0, 0.05) is 31.5 Å². The number of para-hydroxylation sites is 1. The molecule has 1 amide bonds. The predicted molar refractivity (Wildman–Crippen MR) is 107 cm³/mol. The Morgan fingerprint density at radius 3 is 2.37 bits per heavy atom. The van der Waals surface area contributed by atoms with Crippen molar-refractivity contribution in [2.75, 3.05) is 29.6 Å². The molecule has 0 aliphatic carbocycles. The summed E-state index contributed by atoms with van der Waals surface area (Å²) in [4.78, 5) is 14.3. The molecule has 0 bridgehead atoms. The lowest BCUT2D eigenvalue weighted by atomic mass is 10.2. The highest BCUT2D eigenvalue weighted by atomic mass is 19.4.